The maximum atomic E-state index is 12.6. The molecular weight excluding hydrogens is 367 g/mol. The Morgan fingerprint density at radius 2 is 2.00 bits per heavy atom. The highest BCUT2D eigenvalue weighted by atomic mass is 79.9. The van der Waals surface area contributed by atoms with E-state index in [1.807, 2.05) is 0 Å². The number of halogens is 4. The molecule has 1 aromatic heterocycles. The van der Waals surface area contributed by atoms with Gasteiger partial charge >= 0.3 is 6.18 Å². The van der Waals surface area contributed by atoms with Crippen LogP contribution in [0.4, 0.5) is 13.2 Å². The number of hydrogen-bond acceptors (Lipinski definition) is 2. The van der Waals surface area contributed by atoms with Crippen LogP contribution >= 0.6 is 27.3 Å². The molecule has 0 bridgehead atoms. The average Bonchev–Trinajstić information content (AvgIpc) is 2.67. The molecule has 1 aliphatic rings. The van der Waals surface area contributed by atoms with E-state index in [1.54, 1.807) is 6.07 Å². The number of alkyl halides is 4. The molecule has 0 N–H and O–H groups in total. The van der Waals surface area contributed by atoms with Gasteiger partial charge in [0.1, 0.15) is 6.54 Å². The van der Waals surface area contributed by atoms with Gasteiger partial charge in [0.05, 0.1) is 4.88 Å². The van der Waals surface area contributed by atoms with Crippen LogP contribution in [0, 0.1) is 0 Å². The number of fused-ring (bicyclic) bond motifs is 1. The van der Waals surface area contributed by atoms with Crippen molar-refractivity contribution in [1.29, 1.82) is 0 Å². The molecule has 118 valence electrons. The summed E-state index contributed by atoms with van der Waals surface area (Å²) in [7, 11) is 0. The van der Waals surface area contributed by atoms with Crippen molar-refractivity contribution in [2.45, 2.75) is 38.3 Å². The molecule has 0 saturated heterocycles. The molecule has 21 heavy (non-hydrogen) atoms. The van der Waals surface area contributed by atoms with E-state index in [-0.39, 0.29) is 6.54 Å². The van der Waals surface area contributed by atoms with E-state index in [1.165, 1.54) is 22.6 Å². The zero-order chi connectivity index (χ0) is 15.5. The summed E-state index contributed by atoms with van der Waals surface area (Å²) < 4.78 is 37.7. The highest BCUT2D eigenvalue weighted by Gasteiger charge is 2.33. The number of nitrogens with zero attached hydrogens (tertiary/aromatic N) is 1. The maximum absolute atomic E-state index is 12.6. The Hall–Kier alpha value is -0.560. The van der Waals surface area contributed by atoms with E-state index in [9.17, 15) is 18.0 Å². The molecule has 0 fully saturated rings. The van der Waals surface area contributed by atoms with E-state index in [0.29, 0.717) is 10.2 Å². The molecule has 0 aliphatic heterocycles. The first-order chi connectivity index (χ1) is 9.90. The summed E-state index contributed by atoms with van der Waals surface area (Å²) in [4.78, 5) is 14.8. The Morgan fingerprint density at radius 1 is 1.29 bits per heavy atom. The van der Waals surface area contributed by atoms with Gasteiger partial charge in [-0.25, -0.2) is 0 Å². The zero-order valence-electron chi connectivity index (χ0n) is 11.5. The topological polar surface area (TPSA) is 20.3 Å². The molecule has 0 spiro atoms. The molecule has 1 heterocycles. The second kappa shape index (κ2) is 7.13. The number of thiophene rings is 1. The normalized spacial score (nSPS) is 15.4. The number of amides is 1. The van der Waals surface area contributed by atoms with E-state index in [4.69, 9.17) is 0 Å². The summed E-state index contributed by atoms with van der Waals surface area (Å²) in [6, 6.07) is 1.80. The zero-order valence-corrected chi connectivity index (χ0v) is 13.9. The van der Waals surface area contributed by atoms with Crippen LogP contribution in [0.25, 0.3) is 0 Å². The van der Waals surface area contributed by atoms with Crippen molar-refractivity contribution in [3.8, 4) is 0 Å². The van der Waals surface area contributed by atoms with Crippen molar-refractivity contribution in [3.63, 3.8) is 0 Å². The van der Waals surface area contributed by atoms with Crippen LogP contribution in [0.1, 0.15) is 39.4 Å². The van der Waals surface area contributed by atoms with Crippen LogP contribution in [-0.2, 0) is 12.8 Å². The first kappa shape index (κ1) is 16.8. The number of carbonyl (C=O) groups is 1. The van der Waals surface area contributed by atoms with E-state index in [2.05, 4.69) is 15.9 Å². The lowest BCUT2D eigenvalue weighted by molar-refractivity contribution is -0.140. The predicted molar refractivity (Wildman–Crippen MR) is 81.3 cm³/mol. The third-order valence-electron chi connectivity index (χ3n) is 3.47. The third kappa shape index (κ3) is 4.71. The van der Waals surface area contributed by atoms with Gasteiger partial charge in [-0.3, -0.25) is 4.79 Å². The van der Waals surface area contributed by atoms with Gasteiger partial charge in [0, 0.05) is 16.8 Å². The van der Waals surface area contributed by atoms with Gasteiger partial charge < -0.3 is 4.90 Å². The molecule has 7 heteroatoms. The molecule has 0 atom stereocenters. The Balaban J connectivity index is 2.16. The van der Waals surface area contributed by atoms with Crippen molar-refractivity contribution in [3.05, 3.63) is 21.4 Å². The summed E-state index contributed by atoms with van der Waals surface area (Å²) >= 11 is 4.47. The summed E-state index contributed by atoms with van der Waals surface area (Å²) in [5.41, 5.74) is 1.15. The van der Waals surface area contributed by atoms with Gasteiger partial charge in [0.15, 0.2) is 0 Å². The Morgan fingerprint density at radius 3 is 2.67 bits per heavy atom. The molecule has 2 rings (SSSR count). The number of aryl methyl sites for hydroxylation is 2. The van der Waals surface area contributed by atoms with E-state index in [0.717, 1.165) is 36.1 Å². The molecule has 0 unspecified atom stereocenters. The van der Waals surface area contributed by atoms with Crippen LogP contribution in [0.2, 0.25) is 0 Å². The Labute approximate surface area is 134 Å². The molecular formula is C14H17BrF3NOS. The van der Waals surface area contributed by atoms with E-state index < -0.39 is 18.6 Å². The first-order valence-corrected chi connectivity index (χ1v) is 8.88. The fourth-order valence-corrected chi connectivity index (χ4v) is 4.15. The lowest BCUT2D eigenvalue weighted by Gasteiger charge is -2.22. The van der Waals surface area contributed by atoms with Crippen LogP contribution in [0.3, 0.4) is 0 Å². The predicted octanol–water partition coefficient (Wildman–Crippen LogP) is 4.42. The fraction of sp³-hybridized carbons (Fsp3) is 0.643. The lowest BCUT2D eigenvalue weighted by Crippen LogP contribution is -2.39. The quantitative estimate of drug-likeness (QED) is 0.556. The average molecular weight is 384 g/mol. The molecule has 0 aromatic carbocycles. The summed E-state index contributed by atoms with van der Waals surface area (Å²) in [6.45, 7) is -1.14. The second-order valence-electron chi connectivity index (χ2n) is 5.15. The number of rotatable bonds is 4. The molecule has 0 radical (unpaired) electrons. The first-order valence-electron chi connectivity index (χ1n) is 6.94. The van der Waals surface area contributed by atoms with Gasteiger partial charge in [-0.15, -0.1) is 11.3 Å². The minimum Gasteiger partial charge on any atom is -0.328 e. The largest absolute Gasteiger partial charge is 0.406 e. The summed E-state index contributed by atoms with van der Waals surface area (Å²) in [5, 5.41) is 0.333. The Bertz CT molecular complexity index is 477. The highest BCUT2D eigenvalue weighted by molar-refractivity contribution is 9.09. The van der Waals surface area contributed by atoms with Crippen molar-refractivity contribution in [2.75, 3.05) is 18.4 Å². The second-order valence-corrected chi connectivity index (χ2v) is 7.08. The smallest absolute Gasteiger partial charge is 0.328 e. The molecule has 2 nitrogen and oxygen atoms in total. The Kier molecular flexibility index (Phi) is 5.71. The summed E-state index contributed by atoms with van der Waals surface area (Å²) in [5.74, 6) is -0.509. The highest BCUT2D eigenvalue weighted by Crippen LogP contribution is 2.30. The van der Waals surface area contributed by atoms with Crippen molar-refractivity contribution >= 4 is 33.2 Å². The van der Waals surface area contributed by atoms with Crippen molar-refractivity contribution < 1.29 is 18.0 Å². The van der Waals surface area contributed by atoms with Gasteiger partial charge in [0.2, 0.25) is 0 Å². The van der Waals surface area contributed by atoms with Crippen LogP contribution in [0.15, 0.2) is 6.07 Å². The van der Waals surface area contributed by atoms with Gasteiger partial charge in [-0.1, -0.05) is 22.4 Å². The lowest BCUT2D eigenvalue weighted by atomic mass is 10.1. The monoisotopic (exact) mass is 383 g/mol. The van der Waals surface area contributed by atoms with E-state index >= 15 is 0 Å². The van der Waals surface area contributed by atoms with Crippen LogP contribution in [0.5, 0.6) is 0 Å². The van der Waals surface area contributed by atoms with Gasteiger partial charge in [-0.2, -0.15) is 13.2 Å². The third-order valence-corrected chi connectivity index (χ3v) is 5.05. The molecule has 1 amide bonds. The fourth-order valence-electron chi connectivity index (χ4n) is 2.50. The molecule has 1 aromatic rings. The SMILES string of the molecule is O=C(c1cc2c(s1)CCCCC2)N(CCBr)CC(F)(F)F. The minimum absolute atomic E-state index is 0.0565. The summed E-state index contributed by atoms with van der Waals surface area (Å²) in [6.07, 6.45) is 0.850. The van der Waals surface area contributed by atoms with Crippen molar-refractivity contribution in [1.82, 2.24) is 4.90 Å². The van der Waals surface area contributed by atoms with Gasteiger partial charge in [-0.05, 0) is 37.3 Å². The van der Waals surface area contributed by atoms with Gasteiger partial charge in [0.25, 0.3) is 5.91 Å². The standard InChI is InChI=1S/C14H17BrF3NOS/c15-6-7-19(9-14(16,17)18)13(20)12-8-10-4-2-1-3-5-11(10)21-12/h8H,1-7,9H2. The number of carbonyl (C=O) groups excluding carboxylic acids is 1. The maximum Gasteiger partial charge on any atom is 0.406 e. The minimum atomic E-state index is -4.37. The van der Waals surface area contributed by atoms with Crippen molar-refractivity contribution in [2.24, 2.45) is 0 Å². The van der Waals surface area contributed by atoms with Crippen LogP contribution < -0.4 is 0 Å². The number of hydrogen-bond donors (Lipinski definition) is 0. The van der Waals surface area contributed by atoms with Crippen LogP contribution in [-0.4, -0.2) is 35.4 Å². The molecule has 0 saturated carbocycles. The molecule has 1 aliphatic carbocycles.